The second kappa shape index (κ2) is 19.6. The first-order valence-corrected chi connectivity index (χ1v) is 22.4. The molecule has 11 aromatic rings. The van der Waals surface area contributed by atoms with E-state index in [0.717, 1.165) is 87.1 Å². The standard InChI is InChI=1S/C61H40F2N3O.Ir/c62-55-22-12-21-51-52-30-29-50(59(63)61(52)67-60(51)55)53-36-58(46-17-8-3-9-18-46)66-39-54(53)49-20-11-10-19-48(49)47-34-42(25-23-40-27-31-56(64-37-40)44-13-4-1-5-14-44)33-43(35-47)26-24-41-28-32-57(65-38-41)45-15-6-2-7-16-45;/h1-13,15,17,19-22,27-39H,23-26H2;/q-3;+3. The SMILES string of the molecule is Fc1cccc2c1oc1c(F)c(-c3cc(-c4[c-]cccc4)ncc3-c3ccccc3-c3cc(CCc4ccc(-c5[c-]cccc5)nc4)cc(CCc4ccc(-c5[c-]cccc5)nc4)c3)ccc12.[Ir+3]. The van der Waals surface area contributed by atoms with Crippen molar-refractivity contribution < 1.29 is 33.3 Å². The van der Waals surface area contributed by atoms with E-state index in [2.05, 4.69) is 72.8 Å². The van der Waals surface area contributed by atoms with Crippen molar-refractivity contribution in [2.24, 2.45) is 0 Å². The van der Waals surface area contributed by atoms with Gasteiger partial charge in [0.05, 0.1) is 0 Å². The Hall–Kier alpha value is -7.70. The van der Waals surface area contributed by atoms with Gasteiger partial charge in [-0.15, -0.1) is 108 Å². The molecule has 0 aliphatic carbocycles. The van der Waals surface area contributed by atoms with E-state index in [1.54, 1.807) is 18.2 Å². The minimum atomic E-state index is -0.570. The van der Waals surface area contributed by atoms with Crippen molar-refractivity contribution in [1.82, 2.24) is 15.0 Å². The van der Waals surface area contributed by atoms with Crippen LogP contribution in [-0.2, 0) is 45.8 Å². The second-order valence-corrected chi connectivity index (χ2v) is 16.7. The average Bonchev–Trinajstić information content (AvgIpc) is 3.79. The summed E-state index contributed by atoms with van der Waals surface area (Å²) in [5.74, 6) is -1.11. The number of fused-ring (bicyclic) bond motifs is 3. The van der Waals surface area contributed by atoms with E-state index in [0.29, 0.717) is 27.6 Å². The minimum Gasteiger partial charge on any atom is -0.450 e. The summed E-state index contributed by atoms with van der Waals surface area (Å²) in [6, 6.07) is 66.9. The number of furan rings is 1. The zero-order valence-corrected chi connectivity index (χ0v) is 39.0. The van der Waals surface area contributed by atoms with Crippen molar-refractivity contribution in [3.63, 3.8) is 0 Å². The van der Waals surface area contributed by atoms with Crippen LogP contribution >= 0.6 is 0 Å². The summed E-state index contributed by atoms with van der Waals surface area (Å²) in [4.78, 5) is 14.5. The molecule has 4 aromatic heterocycles. The molecule has 0 bridgehead atoms. The van der Waals surface area contributed by atoms with Crippen LogP contribution in [0.15, 0.2) is 199 Å². The van der Waals surface area contributed by atoms with Crippen LogP contribution in [0.25, 0.3) is 89.1 Å². The molecule has 0 radical (unpaired) electrons. The quantitative estimate of drug-likeness (QED) is 0.114. The van der Waals surface area contributed by atoms with Crippen molar-refractivity contribution in [1.29, 1.82) is 0 Å². The largest absolute Gasteiger partial charge is 3.00 e. The Labute approximate surface area is 407 Å². The Morgan fingerprint density at radius 3 is 1.51 bits per heavy atom. The third-order valence-corrected chi connectivity index (χ3v) is 12.3. The zero-order valence-electron chi connectivity index (χ0n) is 36.6. The van der Waals surface area contributed by atoms with Gasteiger partial charge in [-0.1, -0.05) is 91.0 Å². The first-order chi connectivity index (χ1) is 33.0. The molecule has 0 unspecified atom stereocenters. The van der Waals surface area contributed by atoms with Crippen LogP contribution in [0.2, 0.25) is 0 Å². The topological polar surface area (TPSA) is 51.8 Å². The molecule has 0 fully saturated rings. The summed E-state index contributed by atoms with van der Waals surface area (Å²) < 4.78 is 38.0. The van der Waals surface area contributed by atoms with Gasteiger partial charge in [0.15, 0.2) is 22.8 Å². The molecule has 0 atom stereocenters. The molecule has 11 rings (SSSR count). The number of aromatic nitrogens is 3. The Morgan fingerprint density at radius 2 is 0.941 bits per heavy atom. The average molecular weight is 1060 g/mol. The molecule has 0 spiro atoms. The van der Waals surface area contributed by atoms with Gasteiger partial charge in [0.1, 0.15) is 0 Å². The number of hydrogen-bond donors (Lipinski definition) is 0. The first-order valence-electron chi connectivity index (χ1n) is 22.4. The van der Waals surface area contributed by atoms with E-state index in [-0.39, 0.29) is 31.3 Å². The Kier molecular flexibility index (Phi) is 12.8. The molecular formula is C61H40F2IrN3O. The van der Waals surface area contributed by atoms with Crippen LogP contribution in [0.5, 0.6) is 0 Å². The number of halogens is 2. The summed E-state index contributed by atoms with van der Waals surface area (Å²) in [5, 5.41) is 1.03. The van der Waals surface area contributed by atoms with Crippen LogP contribution < -0.4 is 0 Å². The van der Waals surface area contributed by atoms with E-state index < -0.39 is 11.6 Å². The summed E-state index contributed by atoms with van der Waals surface area (Å²) in [5.41, 5.74) is 14.4. The van der Waals surface area contributed by atoms with Crippen molar-refractivity contribution >= 4 is 21.9 Å². The predicted octanol–water partition coefficient (Wildman–Crippen LogP) is 15.0. The summed E-state index contributed by atoms with van der Waals surface area (Å²) >= 11 is 0. The second-order valence-electron chi connectivity index (χ2n) is 16.7. The maximum absolute atomic E-state index is 17.1. The minimum absolute atomic E-state index is 0. The van der Waals surface area contributed by atoms with Crippen molar-refractivity contribution in [3.05, 3.63) is 247 Å². The van der Waals surface area contributed by atoms with Gasteiger partial charge in [-0.25, -0.2) is 8.78 Å². The molecule has 4 nitrogen and oxygen atoms in total. The normalized spacial score (nSPS) is 11.2. The van der Waals surface area contributed by atoms with Gasteiger partial charge < -0.3 is 19.4 Å². The molecule has 328 valence electrons. The van der Waals surface area contributed by atoms with Gasteiger partial charge in [-0.2, -0.15) is 0 Å². The molecule has 0 saturated heterocycles. The number of pyridine rings is 3. The van der Waals surface area contributed by atoms with Gasteiger partial charge in [0, 0.05) is 40.5 Å². The maximum Gasteiger partial charge on any atom is 3.00 e. The number of rotatable bonds is 12. The molecular weight excluding hydrogens is 1020 g/mol. The fourth-order valence-corrected chi connectivity index (χ4v) is 8.92. The molecule has 7 aromatic carbocycles. The molecule has 0 aliphatic rings. The van der Waals surface area contributed by atoms with Crippen molar-refractivity contribution in [2.75, 3.05) is 0 Å². The molecule has 7 heteroatoms. The first kappa shape index (κ1) is 44.2. The van der Waals surface area contributed by atoms with Gasteiger partial charge >= 0.3 is 20.1 Å². The van der Waals surface area contributed by atoms with E-state index in [1.807, 2.05) is 116 Å². The number of aryl methyl sites for hydroxylation is 4. The van der Waals surface area contributed by atoms with Crippen LogP contribution in [-0.4, -0.2) is 15.0 Å². The number of benzene rings is 7. The van der Waals surface area contributed by atoms with E-state index in [4.69, 9.17) is 19.4 Å². The van der Waals surface area contributed by atoms with Crippen LogP contribution in [0.1, 0.15) is 22.3 Å². The van der Waals surface area contributed by atoms with Gasteiger partial charge in [0.25, 0.3) is 0 Å². The smallest absolute Gasteiger partial charge is 0.450 e. The maximum atomic E-state index is 17.1. The Bertz CT molecular complexity index is 3420. The number of nitrogens with zero attached hydrogens (tertiary/aromatic N) is 3. The van der Waals surface area contributed by atoms with Crippen LogP contribution in [0.4, 0.5) is 8.78 Å². The van der Waals surface area contributed by atoms with E-state index >= 15 is 4.39 Å². The van der Waals surface area contributed by atoms with E-state index in [9.17, 15) is 4.39 Å². The van der Waals surface area contributed by atoms with Crippen LogP contribution in [0, 0.1) is 29.8 Å². The molecule has 0 aliphatic heterocycles. The third-order valence-electron chi connectivity index (χ3n) is 12.3. The fourth-order valence-electron chi connectivity index (χ4n) is 8.92. The zero-order chi connectivity index (χ0) is 45.1. The molecule has 4 heterocycles. The number of para-hydroxylation sites is 1. The Morgan fingerprint density at radius 1 is 0.397 bits per heavy atom. The summed E-state index contributed by atoms with van der Waals surface area (Å²) in [7, 11) is 0. The van der Waals surface area contributed by atoms with Gasteiger partial charge in [-0.3, -0.25) is 0 Å². The van der Waals surface area contributed by atoms with Crippen molar-refractivity contribution in [2.45, 2.75) is 25.7 Å². The predicted molar refractivity (Wildman–Crippen MR) is 264 cm³/mol. The third kappa shape index (κ3) is 9.07. The molecule has 0 saturated carbocycles. The van der Waals surface area contributed by atoms with Crippen LogP contribution in [0.3, 0.4) is 0 Å². The fraction of sp³-hybridized carbons (Fsp3) is 0.0656. The monoisotopic (exact) mass is 1060 g/mol. The van der Waals surface area contributed by atoms with Crippen molar-refractivity contribution in [3.8, 4) is 67.2 Å². The Balaban J connectivity index is 0.00000539. The molecule has 0 amide bonds. The summed E-state index contributed by atoms with van der Waals surface area (Å²) in [6.45, 7) is 0. The molecule has 68 heavy (non-hydrogen) atoms. The van der Waals surface area contributed by atoms with E-state index in [1.165, 1.54) is 17.2 Å². The molecule has 0 N–H and O–H groups in total. The van der Waals surface area contributed by atoms with Gasteiger partial charge in [-0.05, 0) is 99.4 Å². The number of hydrogen-bond acceptors (Lipinski definition) is 4. The van der Waals surface area contributed by atoms with Gasteiger partial charge in [0.2, 0.25) is 0 Å². The summed E-state index contributed by atoms with van der Waals surface area (Å²) in [6.07, 6.45) is 8.95.